The Labute approximate surface area is 135 Å². The van der Waals surface area contributed by atoms with Gasteiger partial charge < -0.3 is 4.74 Å². The fraction of sp³-hybridized carbons (Fsp3) is 0.588. The molecule has 0 bridgehead atoms. The second-order valence-electron chi connectivity index (χ2n) is 6.75. The van der Waals surface area contributed by atoms with Crippen LogP contribution in [-0.4, -0.2) is 40.0 Å². The van der Waals surface area contributed by atoms with Crippen LogP contribution in [0.4, 0.5) is 0 Å². The summed E-state index contributed by atoms with van der Waals surface area (Å²) in [5.74, 6) is 0.525. The topological polar surface area (TPSA) is 30.3 Å². The lowest BCUT2D eigenvalue weighted by molar-refractivity contribution is -0.0448. The number of aryl methyl sites for hydroxylation is 1. The third-order valence-electron chi connectivity index (χ3n) is 5.16. The van der Waals surface area contributed by atoms with Crippen molar-refractivity contribution in [3.8, 4) is 0 Å². The second kappa shape index (κ2) is 5.80. The van der Waals surface area contributed by atoms with Gasteiger partial charge in [-0.1, -0.05) is 0 Å². The number of aromatic nitrogens is 2. The maximum atomic E-state index is 6.28. The van der Waals surface area contributed by atoms with Crippen molar-refractivity contribution >= 4 is 11.3 Å². The Morgan fingerprint density at radius 2 is 2.27 bits per heavy atom. The van der Waals surface area contributed by atoms with Gasteiger partial charge in [-0.2, -0.15) is 16.4 Å². The van der Waals surface area contributed by atoms with Crippen molar-refractivity contribution in [2.75, 3.05) is 19.7 Å². The summed E-state index contributed by atoms with van der Waals surface area (Å²) in [5.41, 5.74) is 2.90. The first-order valence-corrected chi connectivity index (χ1v) is 9.03. The Kier molecular flexibility index (Phi) is 3.80. The van der Waals surface area contributed by atoms with Gasteiger partial charge in [0.25, 0.3) is 0 Å². The van der Waals surface area contributed by atoms with E-state index in [1.807, 2.05) is 17.9 Å². The molecule has 2 fully saturated rings. The van der Waals surface area contributed by atoms with Crippen LogP contribution in [0.15, 0.2) is 29.2 Å². The molecular weight excluding hydrogens is 294 g/mol. The van der Waals surface area contributed by atoms with Crippen molar-refractivity contribution in [2.24, 2.45) is 7.05 Å². The number of nitrogens with zero attached hydrogens (tertiary/aromatic N) is 3. The van der Waals surface area contributed by atoms with E-state index in [1.165, 1.54) is 11.1 Å². The van der Waals surface area contributed by atoms with Crippen molar-refractivity contribution in [3.05, 3.63) is 40.3 Å². The molecule has 4 heterocycles. The minimum absolute atomic E-state index is 0.117. The second-order valence-corrected chi connectivity index (χ2v) is 7.53. The van der Waals surface area contributed by atoms with Gasteiger partial charge in [0.15, 0.2) is 0 Å². The average Bonchev–Trinajstić information content (AvgIpc) is 3.24. The Bertz CT molecular complexity index is 614. The summed E-state index contributed by atoms with van der Waals surface area (Å²) >= 11 is 1.79. The molecule has 0 aliphatic carbocycles. The van der Waals surface area contributed by atoms with Gasteiger partial charge in [-0.15, -0.1) is 0 Å². The highest BCUT2D eigenvalue weighted by Crippen LogP contribution is 2.42. The summed E-state index contributed by atoms with van der Waals surface area (Å²) in [5, 5.41) is 8.73. The SMILES string of the molecule is Cn1cc([C@H]2COC3(CCN(Cc4ccsc4)CC3)C2)cn1. The lowest BCUT2D eigenvalue weighted by atomic mass is 9.84. The van der Waals surface area contributed by atoms with Gasteiger partial charge in [0.1, 0.15) is 0 Å². The summed E-state index contributed by atoms with van der Waals surface area (Å²) in [6.45, 7) is 4.24. The maximum Gasteiger partial charge on any atom is 0.0713 e. The van der Waals surface area contributed by atoms with E-state index in [9.17, 15) is 0 Å². The molecular formula is C17H23N3OS. The zero-order chi connectivity index (χ0) is 15.0. The van der Waals surface area contributed by atoms with Gasteiger partial charge in [0.2, 0.25) is 0 Å². The van der Waals surface area contributed by atoms with E-state index in [0.717, 1.165) is 45.5 Å². The predicted molar refractivity (Wildman–Crippen MR) is 88.1 cm³/mol. The number of thiophene rings is 1. The molecule has 0 aromatic carbocycles. The van der Waals surface area contributed by atoms with Crippen LogP contribution in [0.2, 0.25) is 0 Å². The van der Waals surface area contributed by atoms with Crippen LogP contribution in [0.25, 0.3) is 0 Å². The maximum absolute atomic E-state index is 6.28. The van der Waals surface area contributed by atoms with Crippen LogP contribution in [0.5, 0.6) is 0 Å². The molecule has 2 aromatic rings. The van der Waals surface area contributed by atoms with E-state index >= 15 is 0 Å². The van der Waals surface area contributed by atoms with Gasteiger partial charge in [0.05, 0.1) is 18.4 Å². The third kappa shape index (κ3) is 2.85. The lowest BCUT2D eigenvalue weighted by Gasteiger charge is -2.38. The van der Waals surface area contributed by atoms with Crippen LogP contribution in [0.3, 0.4) is 0 Å². The molecule has 4 nitrogen and oxygen atoms in total. The van der Waals surface area contributed by atoms with Crippen molar-refractivity contribution in [1.82, 2.24) is 14.7 Å². The number of likely N-dealkylation sites (tertiary alicyclic amines) is 1. The fourth-order valence-electron chi connectivity index (χ4n) is 3.82. The molecule has 1 atom stereocenters. The van der Waals surface area contributed by atoms with Gasteiger partial charge in [-0.3, -0.25) is 9.58 Å². The minimum Gasteiger partial charge on any atom is -0.374 e. The van der Waals surface area contributed by atoms with Crippen LogP contribution in [0, 0.1) is 0 Å². The number of rotatable bonds is 3. The highest BCUT2D eigenvalue weighted by Gasteiger charge is 2.43. The highest BCUT2D eigenvalue weighted by atomic mass is 32.1. The van der Waals surface area contributed by atoms with E-state index in [4.69, 9.17) is 4.74 Å². The zero-order valence-electron chi connectivity index (χ0n) is 13.1. The number of hydrogen-bond acceptors (Lipinski definition) is 4. The van der Waals surface area contributed by atoms with Gasteiger partial charge in [-0.05, 0) is 47.2 Å². The molecule has 1 spiro atoms. The highest BCUT2D eigenvalue weighted by molar-refractivity contribution is 7.07. The monoisotopic (exact) mass is 317 g/mol. The van der Waals surface area contributed by atoms with Crippen molar-refractivity contribution in [3.63, 3.8) is 0 Å². The van der Waals surface area contributed by atoms with E-state index in [-0.39, 0.29) is 5.60 Å². The van der Waals surface area contributed by atoms with E-state index in [2.05, 4.69) is 33.0 Å². The Morgan fingerprint density at radius 1 is 1.41 bits per heavy atom. The van der Waals surface area contributed by atoms with Gasteiger partial charge in [-0.25, -0.2) is 0 Å². The molecule has 0 N–H and O–H groups in total. The molecule has 0 saturated carbocycles. The van der Waals surface area contributed by atoms with E-state index in [1.54, 1.807) is 11.3 Å². The smallest absolute Gasteiger partial charge is 0.0713 e. The molecule has 2 aliphatic heterocycles. The summed E-state index contributed by atoms with van der Waals surface area (Å²) in [6.07, 6.45) is 7.62. The zero-order valence-corrected chi connectivity index (χ0v) is 13.9. The quantitative estimate of drug-likeness (QED) is 0.872. The first-order chi connectivity index (χ1) is 10.7. The molecule has 4 rings (SSSR count). The molecule has 5 heteroatoms. The Morgan fingerprint density at radius 3 is 2.95 bits per heavy atom. The first kappa shape index (κ1) is 14.4. The Hall–Kier alpha value is -1.17. The fourth-order valence-corrected chi connectivity index (χ4v) is 4.48. The Balaban J connectivity index is 1.35. The standard InChI is InChI=1S/C17H23N3OS/c1-19-11-16(9-18-19)15-8-17(21-12-15)3-5-20(6-4-17)10-14-2-7-22-13-14/h2,7,9,11,13,15H,3-6,8,10,12H2,1H3/t15-/m1/s1. The van der Waals surface area contributed by atoms with E-state index < -0.39 is 0 Å². The van der Waals surface area contributed by atoms with Crippen LogP contribution < -0.4 is 0 Å². The largest absolute Gasteiger partial charge is 0.374 e. The molecule has 2 saturated heterocycles. The van der Waals surface area contributed by atoms with E-state index in [0.29, 0.717) is 5.92 Å². The number of ether oxygens (including phenoxy) is 1. The molecule has 2 aromatic heterocycles. The normalized spacial score (nSPS) is 25.0. The molecule has 0 radical (unpaired) electrons. The average molecular weight is 317 g/mol. The summed E-state index contributed by atoms with van der Waals surface area (Å²) in [6, 6.07) is 2.24. The molecule has 0 amide bonds. The lowest BCUT2D eigenvalue weighted by Crippen LogP contribution is -2.43. The van der Waals surface area contributed by atoms with Gasteiger partial charge in [0, 0.05) is 38.8 Å². The minimum atomic E-state index is 0.117. The molecule has 22 heavy (non-hydrogen) atoms. The molecule has 118 valence electrons. The first-order valence-electron chi connectivity index (χ1n) is 8.08. The van der Waals surface area contributed by atoms with Gasteiger partial charge >= 0.3 is 0 Å². The molecule has 0 unspecified atom stereocenters. The summed E-state index contributed by atoms with van der Waals surface area (Å²) in [4.78, 5) is 2.56. The van der Waals surface area contributed by atoms with Crippen molar-refractivity contribution in [1.29, 1.82) is 0 Å². The predicted octanol–water partition coefficient (Wildman–Crippen LogP) is 3.02. The summed E-state index contributed by atoms with van der Waals surface area (Å²) < 4.78 is 8.17. The molecule has 2 aliphatic rings. The van der Waals surface area contributed by atoms with Crippen molar-refractivity contribution in [2.45, 2.75) is 37.3 Å². The van der Waals surface area contributed by atoms with Crippen molar-refractivity contribution < 1.29 is 4.74 Å². The van der Waals surface area contributed by atoms with Crippen LogP contribution in [0.1, 0.15) is 36.3 Å². The number of piperidine rings is 1. The third-order valence-corrected chi connectivity index (χ3v) is 5.89. The van der Waals surface area contributed by atoms with Crippen LogP contribution in [-0.2, 0) is 18.3 Å². The number of hydrogen-bond donors (Lipinski definition) is 0. The van der Waals surface area contributed by atoms with Crippen LogP contribution >= 0.6 is 11.3 Å². The summed E-state index contributed by atoms with van der Waals surface area (Å²) in [7, 11) is 1.98.